The summed E-state index contributed by atoms with van der Waals surface area (Å²) in [5.41, 5.74) is 3.22. The Morgan fingerprint density at radius 1 is 0.391 bits per heavy atom. The van der Waals surface area contributed by atoms with Crippen LogP contribution >= 0.6 is 12.4 Å². The molecule has 3 rings (SSSR count). The molecule has 0 heterocycles. The van der Waals surface area contributed by atoms with Crippen molar-refractivity contribution in [3.8, 4) is 0 Å². The van der Waals surface area contributed by atoms with Crippen LogP contribution in [0.3, 0.4) is 0 Å². The average molecular weight is 401 g/mol. The molecule has 0 spiro atoms. The van der Waals surface area contributed by atoms with Gasteiger partial charge in [-0.3, -0.25) is 0 Å². The third-order valence-electron chi connectivity index (χ3n) is 2.53. The van der Waals surface area contributed by atoms with Crippen LogP contribution in [0.25, 0.3) is 0 Å². The van der Waals surface area contributed by atoms with Crippen molar-refractivity contribution in [1.82, 2.24) is 0 Å². The van der Waals surface area contributed by atoms with Crippen LogP contribution in [0.15, 0.2) is 91.0 Å². The quantitative estimate of drug-likeness (QED) is 0.404. The minimum absolute atomic E-state index is 0. The van der Waals surface area contributed by atoms with Crippen LogP contribution in [-0.2, 0) is 26.2 Å². The van der Waals surface area contributed by atoms with Crippen molar-refractivity contribution in [2.24, 2.45) is 0 Å². The van der Waals surface area contributed by atoms with Gasteiger partial charge in [-0.05, 0) is 0 Å². The minimum atomic E-state index is 0. The molecule has 2 heteroatoms. The first kappa shape index (κ1) is 23.7. The number of benzene rings is 3. The zero-order valence-electron chi connectivity index (χ0n) is 13.2. The van der Waals surface area contributed by atoms with E-state index in [4.69, 9.17) is 0 Å². The number of halogens is 1. The Morgan fingerprint density at radius 3 is 0.652 bits per heavy atom. The fourth-order valence-corrected chi connectivity index (χ4v) is 1.43. The summed E-state index contributed by atoms with van der Waals surface area (Å²) in [4.78, 5) is 0. The second-order valence-electron chi connectivity index (χ2n) is 4.46. The fourth-order valence-electron chi connectivity index (χ4n) is 1.43. The van der Waals surface area contributed by atoms with E-state index in [1.807, 2.05) is 91.0 Å². The predicted molar refractivity (Wildman–Crippen MR) is 100.0 cm³/mol. The molecule has 0 saturated heterocycles. The SMILES string of the molecule is Cl.[CH2-]c1ccccc1.[CH2-]c1ccccc1.[CH2-]c1ccccc1.[Zr+3]. The molecule has 0 aliphatic heterocycles. The minimum Gasteiger partial charge on any atom is -0.199 e. The molecule has 23 heavy (non-hydrogen) atoms. The summed E-state index contributed by atoms with van der Waals surface area (Å²) in [5.74, 6) is 0. The van der Waals surface area contributed by atoms with Gasteiger partial charge in [0.25, 0.3) is 0 Å². The first-order valence-electron chi connectivity index (χ1n) is 6.79. The summed E-state index contributed by atoms with van der Waals surface area (Å²) in [6.07, 6.45) is 0. The van der Waals surface area contributed by atoms with E-state index in [0.717, 1.165) is 16.7 Å². The van der Waals surface area contributed by atoms with Gasteiger partial charge in [0.1, 0.15) is 0 Å². The molecule has 0 aliphatic rings. The van der Waals surface area contributed by atoms with Gasteiger partial charge < -0.3 is 0 Å². The number of hydrogen-bond donors (Lipinski definition) is 0. The average Bonchev–Trinajstić information content (AvgIpc) is 2.51. The zero-order valence-corrected chi connectivity index (χ0v) is 16.5. The molecule has 1 radical (unpaired) electrons. The van der Waals surface area contributed by atoms with E-state index in [1.165, 1.54) is 0 Å². The van der Waals surface area contributed by atoms with Crippen molar-refractivity contribution in [3.05, 3.63) is 128 Å². The van der Waals surface area contributed by atoms with Crippen molar-refractivity contribution < 1.29 is 26.2 Å². The molecular weight excluding hydrogens is 379 g/mol. The van der Waals surface area contributed by atoms with Crippen molar-refractivity contribution in [2.45, 2.75) is 0 Å². The molecule has 3 aromatic carbocycles. The van der Waals surface area contributed by atoms with Crippen LogP contribution in [0.2, 0.25) is 0 Å². The van der Waals surface area contributed by atoms with E-state index in [2.05, 4.69) is 20.8 Å². The molecular formula is C21H22ClZr. The molecule has 117 valence electrons. The monoisotopic (exact) mass is 399 g/mol. The van der Waals surface area contributed by atoms with Crippen LogP contribution in [0.4, 0.5) is 0 Å². The molecule has 0 fully saturated rings. The Balaban J connectivity index is 0. The summed E-state index contributed by atoms with van der Waals surface area (Å²) >= 11 is 0. The molecule has 0 nitrogen and oxygen atoms in total. The van der Waals surface area contributed by atoms with Gasteiger partial charge in [-0.15, -0.1) is 48.8 Å². The van der Waals surface area contributed by atoms with Gasteiger partial charge in [0.05, 0.1) is 0 Å². The van der Waals surface area contributed by atoms with E-state index in [9.17, 15) is 0 Å². The molecule has 3 aromatic rings. The Kier molecular flexibility index (Phi) is 15.8. The van der Waals surface area contributed by atoms with Gasteiger partial charge in [0, 0.05) is 0 Å². The smallest absolute Gasteiger partial charge is 0.199 e. The van der Waals surface area contributed by atoms with E-state index in [1.54, 1.807) is 0 Å². The Hall–Kier alpha value is -1.56. The summed E-state index contributed by atoms with van der Waals surface area (Å²) < 4.78 is 0. The summed E-state index contributed by atoms with van der Waals surface area (Å²) in [5, 5.41) is 0. The molecule has 0 atom stereocenters. The first-order valence-corrected chi connectivity index (χ1v) is 6.79. The maximum absolute atomic E-state index is 3.72. The normalized spacial score (nSPS) is 7.83. The van der Waals surface area contributed by atoms with Gasteiger partial charge in [-0.1, -0.05) is 18.2 Å². The fraction of sp³-hybridized carbons (Fsp3) is 0. The van der Waals surface area contributed by atoms with Crippen molar-refractivity contribution in [2.75, 3.05) is 0 Å². The van der Waals surface area contributed by atoms with Gasteiger partial charge in [0.2, 0.25) is 0 Å². The first-order chi connectivity index (χ1) is 10.2. The maximum Gasteiger partial charge on any atom is 3.00 e. The van der Waals surface area contributed by atoms with Gasteiger partial charge in [-0.25, -0.2) is 0 Å². The molecule has 0 bridgehead atoms. The summed E-state index contributed by atoms with van der Waals surface area (Å²) in [7, 11) is 0. The molecule has 0 saturated carbocycles. The van der Waals surface area contributed by atoms with Gasteiger partial charge in [-0.2, -0.15) is 73.9 Å². The van der Waals surface area contributed by atoms with Crippen molar-refractivity contribution in [1.29, 1.82) is 0 Å². The summed E-state index contributed by atoms with van der Waals surface area (Å²) in [6, 6.07) is 29.6. The van der Waals surface area contributed by atoms with E-state index < -0.39 is 0 Å². The van der Waals surface area contributed by atoms with Crippen LogP contribution in [0.5, 0.6) is 0 Å². The predicted octanol–water partition coefficient (Wildman–Crippen LogP) is 6.03. The number of rotatable bonds is 0. The summed E-state index contributed by atoms with van der Waals surface area (Å²) in [6.45, 7) is 11.2. The van der Waals surface area contributed by atoms with Crippen LogP contribution in [0, 0.1) is 20.8 Å². The van der Waals surface area contributed by atoms with Gasteiger partial charge in [0.15, 0.2) is 0 Å². The topological polar surface area (TPSA) is 0 Å². The van der Waals surface area contributed by atoms with E-state index in [-0.39, 0.29) is 38.6 Å². The third-order valence-corrected chi connectivity index (χ3v) is 2.53. The maximum atomic E-state index is 3.72. The molecule has 0 amide bonds. The Labute approximate surface area is 166 Å². The Morgan fingerprint density at radius 2 is 0.565 bits per heavy atom. The Bertz CT molecular complexity index is 491. The van der Waals surface area contributed by atoms with Crippen LogP contribution in [0.1, 0.15) is 16.7 Å². The second-order valence-corrected chi connectivity index (χ2v) is 4.46. The standard InChI is InChI=1S/3C7H7.ClH.Zr/c3*1-7-5-3-2-4-6-7;;/h3*2-6H,1H2;1H;/q3*-1;;+3. The number of hydrogen-bond acceptors (Lipinski definition) is 0. The van der Waals surface area contributed by atoms with Gasteiger partial charge >= 0.3 is 26.2 Å². The van der Waals surface area contributed by atoms with E-state index in [0.29, 0.717) is 0 Å². The third kappa shape index (κ3) is 13.8. The van der Waals surface area contributed by atoms with Crippen LogP contribution < -0.4 is 0 Å². The second kappa shape index (κ2) is 15.3. The molecule has 0 aromatic heterocycles. The largest absolute Gasteiger partial charge is 3.00 e. The molecule has 0 unspecified atom stereocenters. The molecule has 0 N–H and O–H groups in total. The van der Waals surface area contributed by atoms with Crippen LogP contribution in [-0.4, -0.2) is 0 Å². The van der Waals surface area contributed by atoms with Crippen molar-refractivity contribution in [3.63, 3.8) is 0 Å². The van der Waals surface area contributed by atoms with E-state index >= 15 is 0 Å². The van der Waals surface area contributed by atoms with Crippen molar-refractivity contribution >= 4 is 12.4 Å². The molecule has 0 aliphatic carbocycles. The zero-order chi connectivity index (χ0) is 15.3.